The number of aryl methyl sites for hydroxylation is 2. The van der Waals surface area contributed by atoms with Crippen molar-refractivity contribution < 1.29 is 9.90 Å². The highest BCUT2D eigenvalue weighted by atomic mass is 16.3. The Bertz CT molecular complexity index is 1020. The van der Waals surface area contributed by atoms with E-state index in [1.165, 1.54) is 6.21 Å². The summed E-state index contributed by atoms with van der Waals surface area (Å²) in [6.45, 7) is 4.09. The number of aromatic nitrogens is 2. The molecule has 1 amide bonds. The summed E-state index contributed by atoms with van der Waals surface area (Å²) in [6, 6.07) is 10.9. The molecule has 0 aliphatic heterocycles. The third kappa shape index (κ3) is 3.96. The van der Waals surface area contributed by atoms with Crippen LogP contribution in [0.2, 0.25) is 0 Å². The number of phenolic OH excluding ortho intramolecular Hbond substituents is 1. The monoisotopic (exact) mass is 378 g/mol. The summed E-state index contributed by atoms with van der Waals surface area (Å²) in [5, 5.41) is 30.4. The van der Waals surface area contributed by atoms with E-state index in [2.05, 4.69) is 20.8 Å². The molecule has 0 aliphatic rings. The first-order valence-electron chi connectivity index (χ1n) is 8.67. The average molecular weight is 378 g/mol. The maximum atomic E-state index is 12.0. The fourth-order valence-electron chi connectivity index (χ4n) is 2.98. The minimum absolute atomic E-state index is 0.215. The molecular weight excluding hydrogens is 356 g/mol. The van der Waals surface area contributed by atoms with Gasteiger partial charge in [-0.05, 0) is 48.2 Å². The van der Waals surface area contributed by atoms with E-state index >= 15 is 0 Å². The van der Waals surface area contributed by atoms with Crippen LogP contribution in [0.5, 0.6) is 5.75 Å². The number of aromatic amines is 1. The van der Waals surface area contributed by atoms with E-state index in [0.717, 1.165) is 22.3 Å². The van der Waals surface area contributed by atoms with Gasteiger partial charge in [0.15, 0.2) is 5.82 Å². The summed E-state index contributed by atoms with van der Waals surface area (Å²) in [4.78, 5) is 12.0. The van der Waals surface area contributed by atoms with Crippen LogP contribution < -0.4 is 16.4 Å². The van der Waals surface area contributed by atoms with Crippen LogP contribution in [0, 0.1) is 19.3 Å². The van der Waals surface area contributed by atoms with Crippen LogP contribution in [0.1, 0.15) is 32.6 Å². The van der Waals surface area contributed by atoms with Crippen LogP contribution in [0.4, 0.5) is 17.3 Å². The normalized spacial score (nSPS) is 10.5. The highest BCUT2D eigenvalue weighted by molar-refractivity contribution is 6.03. The molecule has 0 spiro atoms. The molecule has 8 heteroatoms. The molecule has 2 aromatic carbocycles. The van der Waals surface area contributed by atoms with Crippen molar-refractivity contribution in [3.63, 3.8) is 0 Å². The van der Waals surface area contributed by atoms with Gasteiger partial charge in [-0.2, -0.15) is 5.10 Å². The maximum Gasteiger partial charge on any atom is 0.256 e. The number of carbonyl (C=O) groups excluding carboxylic acids is 1. The van der Waals surface area contributed by atoms with Gasteiger partial charge in [0.1, 0.15) is 17.1 Å². The van der Waals surface area contributed by atoms with Crippen molar-refractivity contribution in [2.24, 2.45) is 5.73 Å². The van der Waals surface area contributed by atoms with E-state index in [1.54, 1.807) is 18.2 Å². The average Bonchev–Trinajstić information content (AvgIpc) is 3.07. The minimum Gasteiger partial charge on any atom is -0.507 e. The van der Waals surface area contributed by atoms with Gasteiger partial charge in [-0.1, -0.05) is 24.3 Å². The largest absolute Gasteiger partial charge is 0.507 e. The van der Waals surface area contributed by atoms with Gasteiger partial charge in [0.25, 0.3) is 5.91 Å². The number of hydrogen-bond acceptors (Lipinski definition) is 6. The Kier molecular flexibility index (Phi) is 5.30. The number of hydrogen-bond donors (Lipinski definition) is 6. The number of nitrogens with two attached hydrogens (primary N) is 1. The Hall–Kier alpha value is -3.81. The topological polar surface area (TPSA) is 140 Å². The van der Waals surface area contributed by atoms with E-state index in [9.17, 15) is 9.90 Å². The zero-order valence-electron chi connectivity index (χ0n) is 15.6. The summed E-state index contributed by atoms with van der Waals surface area (Å²) < 4.78 is 0. The van der Waals surface area contributed by atoms with E-state index in [4.69, 9.17) is 11.1 Å². The zero-order chi connectivity index (χ0) is 20.3. The number of anilines is 3. The lowest BCUT2D eigenvalue weighted by atomic mass is 10.1. The Morgan fingerprint density at radius 3 is 2.64 bits per heavy atom. The van der Waals surface area contributed by atoms with Crippen molar-refractivity contribution in [1.29, 1.82) is 5.41 Å². The van der Waals surface area contributed by atoms with E-state index in [1.807, 2.05) is 32.0 Å². The predicted octanol–water partition coefficient (Wildman–Crippen LogP) is 3.18. The molecule has 28 heavy (non-hydrogen) atoms. The SMILES string of the molecule is Cc1cc(CNc2[nH]nc(Nc3cccc(C=N)c3)c2C(N)=O)cc(C)c1O. The number of benzene rings is 2. The molecule has 0 saturated carbocycles. The molecule has 0 bridgehead atoms. The highest BCUT2D eigenvalue weighted by Crippen LogP contribution is 2.26. The standard InChI is InChI=1S/C20H22N6O2/c1-11-6-14(7-12(2)17(11)27)10-23-19-16(18(22)28)20(26-25-19)24-15-5-3-4-13(8-15)9-21/h3-9,21,27H,10H2,1-2H3,(H2,22,28)(H3,23,24,25,26). The van der Waals surface area contributed by atoms with Gasteiger partial charge in [0.2, 0.25) is 0 Å². The first-order valence-corrected chi connectivity index (χ1v) is 8.67. The Balaban J connectivity index is 1.82. The first-order chi connectivity index (χ1) is 13.4. The summed E-state index contributed by atoms with van der Waals surface area (Å²) in [6.07, 6.45) is 1.24. The molecule has 0 fully saturated rings. The summed E-state index contributed by atoms with van der Waals surface area (Å²) in [5.41, 5.74) is 9.69. The highest BCUT2D eigenvalue weighted by Gasteiger charge is 2.18. The quantitative estimate of drug-likeness (QED) is 0.350. The second-order valence-electron chi connectivity index (χ2n) is 6.51. The molecule has 0 radical (unpaired) electrons. The van der Waals surface area contributed by atoms with Crippen LogP contribution >= 0.6 is 0 Å². The van der Waals surface area contributed by atoms with Crippen molar-refractivity contribution in [3.8, 4) is 5.75 Å². The lowest BCUT2D eigenvalue weighted by Crippen LogP contribution is -2.15. The minimum atomic E-state index is -0.625. The molecule has 1 aromatic heterocycles. The van der Waals surface area contributed by atoms with Gasteiger partial charge >= 0.3 is 0 Å². The Morgan fingerprint density at radius 1 is 1.29 bits per heavy atom. The molecule has 3 aromatic rings. The molecule has 0 atom stereocenters. The number of nitrogens with one attached hydrogen (secondary N) is 4. The molecule has 0 saturated heterocycles. The zero-order valence-corrected chi connectivity index (χ0v) is 15.6. The van der Waals surface area contributed by atoms with Crippen LogP contribution in [-0.2, 0) is 6.54 Å². The molecule has 0 aliphatic carbocycles. The second kappa shape index (κ2) is 7.83. The lowest BCUT2D eigenvalue weighted by molar-refractivity contribution is 0.100. The molecule has 8 nitrogen and oxygen atoms in total. The van der Waals surface area contributed by atoms with Gasteiger partial charge in [-0.3, -0.25) is 9.89 Å². The lowest BCUT2D eigenvalue weighted by Gasteiger charge is -2.10. The number of rotatable bonds is 7. The van der Waals surface area contributed by atoms with Crippen LogP contribution in [0.25, 0.3) is 0 Å². The number of amides is 1. The van der Waals surface area contributed by atoms with Crippen LogP contribution in [-0.4, -0.2) is 27.4 Å². The van der Waals surface area contributed by atoms with Crippen LogP contribution in [0.15, 0.2) is 36.4 Å². The third-order valence-corrected chi connectivity index (χ3v) is 4.35. The second-order valence-corrected chi connectivity index (χ2v) is 6.51. The van der Waals surface area contributed by atoms with Crippen molar-refractivity contribution in [3.05, 3.63) is 64.2 Å². The van der Waals surface area contributed by atoms with Crippen molar-refractivity contribution in [2.75, 3.05) is 10.6 Å². The van der Waals surface area contributed by atoms with Crippen LogP contribution in [0.3, 0.4) is 0 Å². The number of H-pyrrole nitrogens is 1. The number of aromatic hydroxyl groups is 1. The summed E-state index contributed by atoms with van der Waals surface area (Å²) in [5.74, 6) is 0.360. The maximum absolute atomic E-state index is 12.0. The van der Waals surface area contributed by atoms with Gasteiger partial charge in [-0.25, -0.2) is 0 Å². The molecule has 7 N–H and O–H groups in total. The summed E-state index contributed by atoms with van der Waals surface area (Å²) in [7, 11) is 0. The third-order valence-electron chi connectivity index (χ3n) is 4.35. The Labute approximate surface area is 162 Å². The van der Waals surface area contributed by atoms with E-state index < -0.39 is 5.91 Å². The first kappa shape index (κ1) is 19.0. The van der Waals surface area contributed by atoms with Gasteiger partial charge in [0, 0.05) is 18.4 Å². The fraction of sp³-hybridized carbons (Fsp3) is 0.150. The van der Waals surface area contributed by atoms with E-state index in [-0.39, 0.29) is 11.3 Å². The molecule has 144 valence electrons. The van der Waals surface area contributed by atoms with Gasteiger partial charge in [-0.15, -0.1) is 0 Å². The number of nitrogens with zero attached hydrogens (tertiary/aromatic N) is 1. The smallest absolute Gasteiger partial charge is 0.256 e. The molecule has 0 unspecified atom stereocenters. The predicted molar refractivity (Wildman–Crippen MR) is 110 cm³/mol. The number of primary amides is 1. The van der Waals surface area contributed by atoms with Gasteiger partial charge < -0.3 is 26.9 Å². The molecule has 1 heterocycles. The summed E-state index contributed by atoms with van der Waals surface area (Å²) >= 11 is 0. The van der Waals surface area contributed by atoms with Crippen molar-refractivity contribution in [2.45, 2.75) is 20.4 Å². The number of phenols is 1. The van der Waals surface area contributed by atoms with Gasteiger partial charge in [0.05, 0.1) is 0 Å². The molecular formula is C20H22N6O2. The van der Waals surface area contributed by atoms with Crippen molar-refractivity contribution >= 4 is 29.4 Å². The Morgan fingerprint density at radius 2 is 2.00 bits per heavy atom. The fourth-order valence-corrected chi connectivity index (χ4v) is 2.98. The van der Waals surface area contributed by atoms with E-state index in [0.29, 0.717) is 23.9 Å². The number of carbonyl (C=O) groups is 1. The van der Waals surface area contributed by atoms with Crippen molar-refractivity contribution in [1.82, 2.24) is 10.2 Å². The molecule has 3 rings (SSSR count).